The first-order valence-corrected chi connectivity index (χ1v) is 10.5. The van der Waals surface area contributed by atoms with Gasteiger partial charge in [0.25, 0.3) is 5.91 Å². The lowest BCUT2D eigenvalue weighted by Gasteiger charge is -2.30. The molecule has 1 heterocycles. The van der Waals surface area contributed by atoms with E-state index in [4.69, 9.17) is 25.8 Å². The van der Waals surface area contributed by atoms with Crippen molar-refractivity contribution >= 4 is 35.2 Å². The summed E-state index contributed by atoms with van der Waals surface area (Å²) in [5, 5.41) is 8.44. The molecule has 2 aromatic carbocycles. The number of anilines is 1. The van der Waals surface area contributed by atoms with Crippen molar-refractivity contribution in [3.8, 4) is 11.5 Å². The van der Waals surface area contributed by atoms with E-state index < -0.39 is 23.9 Å². The average molecular weight is 474 g/mol. The largest absolute Gasteiger partial charge is 0.493 e. The summed E-state index contributed by atoms with van der Waals surface area (Å²) >= 11 is 6.29. The fraction of sp³-hybridized carbons (Fsp3) is 0.261. The molecule has 1 unspecified atom stereocenters. The molecule has 0 aliphatic carbocycles. The number of esters is 1. The van der Waals surface area contributed by atoms with Crippen molar-refractivity contribution in [2.75, 3.05) is 26.1 Å². The number of para-hydroxylation sites is 1. The third-order valence-corrected chi connectivity index (χ3v) is 5.18. The van der Waals surface area contributed by atoms with Gasteiger partial charge >= 0.3 is 12.0 Å². The number of nitrogens with one attached hydrogen (secondary N) is 3. The van der Waals surface area contributed by atoms with Crippen LogP contribution in [0.4, 0.5) is 10.5 Å². The minimum absolute atomic E-state index is 0.190. The number of amides is 3. The van der Waals surface area contributed by atoms with Crippen LogP contribution in [0.3, 0.4) is 0 Å². The Labute approximate surface area is 196 Å². The second kappa shape index (κ2) is 10.3. The number of methoxy groups -OCH3 is 2. The summed E-state index contributed by atoms with van der Waals surface area (Å²) < 4.78 is 16.0. The highest BCUT2D eigenvalue weighted by molar-refractivity contribution is 6.31. The lowest BCUT2D eigenvalue weighted by atomic mass is 9.93. The molecular weight excluding hydrogens is 450 g/mol. The minimum atomic E-state index is -0.904. The molecule has 0 saturated carbocycles. The Morgan fingerprint density at radius 1 is 1.18 bits per heavy atom. The molecule has 2 aromatic rings. The van der Waals surface area contributed by atoms with Gasteiger partial charge in [-0.1, -0.05) is 23.7 Å². The molecule has 10 heteroatoms. The molecular formula is C23H24ClN3O6. The highest BCUT2D eigenvalue weighted by Gasteiger charge is 2.34. The van der Waals surface area contributed by atoms with E-state index in [0.717, 1.165) is 0 Å². The molecule has 0 bridgehead atoms. The van der Waals surface area contributed by atoms with Crippen molar-refractivity contribution in [3.63, 3.8) is 0 Å². The van der Waals surface area contributed by atoms with Crippen LogP contribution < -0.4 is 25.4 Å². The van der Waals surface area contributed by atoms with Gasteiger partial charge in [0.15, 0.2) is 11.5 Å². The second-order valence-electron chi connectivity index (χ2n) is 7.02. The fourth-order valence-corrected chi connectivity index (χ4v) is 3.77. The lowest BCUT2D eigenvalue weighted by molar-refractivity contribution is -0.113. The molecule has 0 spiro atoms. The molecule has 3 N–H and O–H groups in total. The summed E-state index contributed by atoms with van der Waals surface area (Å²) in [6.07, 6.45) is 0. The molecule has 33 heavy (non-hydrogen) atoms. The highest BCUT2D eigenvalue weighted by Crippen LogP contribution is 2.41. The molecule has 174 valence electrons. The van der Waals surface area contributed by atoms with Gasteiger partial charge < -0.3 is 30.2 Å². The Bertz CT molecular complexity index is 1130. The number of benzene rings is 2. The SMILES string of the molecule is CCOc1c(OC)cc(Cl)cc1C1NC(=O)NC(C)=C1C(=O)Nc1ccccc1C(=O)OC. The van der Waals surface area contributed by atoms with E-state index in [1.807, 2.05) is 0 Å². The molecule has 1 atom stereocenters. The van der Waals surface area contributed by atoms with E-state index in [9.17, 15) is 14.4 Å². The molecule has 0 fully saturated rings. The first-order valence-electron chi connectivity index (χ1n) is 10.1. The van der Waals surface area contributed by atoms with Crippen LogP contribution in [0.1, 0.15) is 35.8 Å². The van der Waals surface area contributed by atoms with Crippen molar-refractivity contribution in [2.24, 2.45) is 0 Å². The van der Waals surface area contributed by atoms with E-state index in [1.54, 1.807) is 44.2 Å². The number of hydrogen-bond donors (Lipinski definition) is 3. The zero-order valence-corrected chi connectivity index (χ0v) is 19.3. The highest BCUT2D eigenvalue weighted by atomic mass is 35.5. The van der Waals surface area contributed by atoms with Crippen LogP contribution in [0, 0.1) is 0 Å². The van der Waals surface area contributed by atoms with Gasteiger partial charge in [-0.2, -0.15) is 0 Å². The maximum Gasteiger partial charge on any atom is 0.339 e. The summed E-state index contributed by atoms with van der Waals surface area (Å²) in [7, 11) is 2.73. The van der Waals surface area contributed by atoms with Crippen LogP contribution in [0.25, 0.3) is 0 Å². The Morgan fingerprint density at radius 2 is 1.91 bits per heavy atom. The fourth-order valence-electron chi connectivity index (χ4n) is 3.55. The molecule has 0 saturated heterocycles. The third kappa shape index (κ3) is 5.04. The van der Waals surface area contributed by atoms with Crippen molar-refractivity contribution < 1.29 is 28.6 Å². The Morgan fingerprint density at radius 3 is 2.58 bits per heavy atom. The first-order chi connectivity index (χ1) is 15.8. The monoisotopic (exact) mass is 473 g/mol. The van der Waals surface area contributed by atoms with E-state index in [-0.39, 0.29) is 16.8 Å². The van der Waals surface area contributed by atoms with Crippen molar-refractivity contribution in [2.45, 2.75) is 19.9 Å². The summed E-state index contributed by atoms with van der Waals surface area (Å²) in [5.74, 6) is -0.422. The summed E-state index contributed by atoms with van der Waals surface area (Å²) in [4.78, 5) is 37.9. The van der Waals surface area contributed by atoms with Gasteiger partial charge in [-0.3, -0.25) is 4.79 Å². The predicted molar refractivity (Wildman–Crippen MR) is 123 cm³/mol. The Kier molecular flexibility index (Phi) is 7.44. The molecule has 1 aliphatic rings. The van der Waals surface area contributed by atoms with Gasteiger partial charge in [-0.25, -0.2) is 9.59 Å². The number of halogens is 1. The molecule has 1 aliphatic heterocycles. The first kappa shape index (κ1) is 23.9. The maximum absolute atomic E-state index is 13.4. The minimum Gasteiger partial charge on any atom is -0.493 e. The average Bonchev–Trinajstić information content (AvgIpc) is 2.79. The van der Waals surface area contributed by atoms with Gasteiger partial charge in [0, 0.05) is 22.3 Å². The molecule has 3 amide bonds. The summed E-state index contributed by atoms with van der Waals surface area (Å²) in [5.41, 5.74) is 1.44. The summed E-state index contributed by atoms with van der Waals surface area (Å²) in [6.45, 7) is 3.73. The van der Waals surface area contributed by atoms with Crippen molar-refractivity contribution in [3.05, 3.63) is 63.8 Å². The summed E-state index contributed by atoms with van der Waals surface area (Å²) in [6, 6.07) is 8.24. The standard InChI is InChI=1S/C23H24ClN3O6/c1-5-33-20-15(10-13(24)11-17(20)31-3)19-18(12(2)25-23(30)27-19)21(28)26-16-9-7-6-8-14(16)22(29)32-4/h6-11,19H,5H2,1-4H3,(H,26,28)(H2,25,27,30). The smallest absolute Gasteiger partial charge is 0.339 e. The van der Waals surface area contributed by atoms with Gasteiger partial charge in [0.05, 0.1) is 43.7 Å². The van der Waals surface area contributed by atoms with E-state index in [2.05, 4.69) is 16.0 Å². The second-order valence-corrected chi connectivity index (χ2v) is 7.46. The molecule has 0 radical (unpaired) electrons. The van der Waals surface area contributed by atoms with Gasteiger partial charge in [-0.05, 0) is 32.0 Å². The van der Waals surface area contributed by atoms with E-state index in [0.29, 0.717) is 34.4 Å². The van der Waals surface area contributed by atoms with Crippen molar-refractivity contribution in [1.29, 1.82) is 0 Å². The number of urea groups is 1. The zero-order chi connectivity index (χ0) is 24.1. The van der Waals surface area contributed by atoms with Gasteiger partial charge in [-0.15, -0.1) is 0 Å². The normalized spacial score (nSPS) is 15.3. The van der Waals surface area contributed by atoms with Gasteiger partial charge in [0.2, 0.25) is 0 Å². The molecule has 9 nitrogen and oxygen atoms in total. The zero-order valence-electron chi connectivity index (χ0n) is 18.6. The van der Waals surface area contributed by atoms with Crippen LogP contribution >= 0.6 is 11.6 Å². The van der Waals surface area contributed by atoms with E-state index >= 15 is 0 Å². The van der Waals surface area contributed by atoms with Crippen LogP contribution in [0.5, 0.6) is 11.5 Å². The third-order valence-electron chi connectivity index (χ3n) is 4.96. The van der Waals surface area contributed by atoms with Crippen LogP contribution in [0.2, 0.25) is 5.02 Å². The number of carbonyl (C=O) groups excluding carboxylic acids is 3. The predicted octanol–water partition coefficient (Wildman–Crippen LogP) is 3.80. The molecule has 0 aromatic heterocycles. The molecule has 3 rings (SSSR count). The topological polar surface area (TPSA) is 115 Å². The number of hydrogen-bond acceptors (Lipinski definition) is 6. The number of rotatable bonds is 7. The van der Waals surface area contributed by atoms with Crippen LogP contribution in [0.15, 0.2) is 47.7 Å². The maximum atomic E-state index is 13.4. The Balaban J connectivity index is 2.09. The quantitative estimate of drug-likeness (QED) is 0.527. The Hall–Kier alpha value is -3.72. The number of ether oxygens (including phenoxy) is 3. The number of allylic oxidation sites excluding steroid dienone is 1. The van der Waals surface area contributed by atoms with Crippen LogP contribution in [-0.4, -0.2) is 38.7 Å². The lowest BCUT2D eigenvalue weighted by Crippen LogP contribution is -2.46. The van der Waals surface area contributed by atoms with Crippen molar-refractivity contribution in [1.82, 2.24) is 10.6 Å². The number of carbonyl (C=O) groups is 3. The van der Waals surface area contributed by atoms with E-state index in [1.165, 1.54) is 20.3 Å². The van der Waals surface area contributed by atoms with Crippen LogP contribution in [-0.2, 0) is 9.53 Å². The van der Waals surface area contributed by atoms with Gasteiger partial charge in [0.1, 0.15) is 0 Å².